The average molecular weight is 236 g/mol. The molecule has 2 heterocycles. The van der Waals surface area contributed by atoms with E-state index in [-0.39, 0.29) is 0 Å². The van der Waals surface area contributed by atoms with E-state index in [2.05, 4.69) is 37.4 Å². The molecule has 0 aliphatic heterocycles. The van der Waals surface area contributed by atoms with Gasteiger partial charge in [0.05, 0.1) is 0 Å². The molecule has 0 saturated carbocycles. The SMILES string of the molecule is CCCNc1nccc(Sc2ncn[nH]2)n1. The summed E-state index contributed by atoms with van der Waals surface area (Å²) in [6, 6.07) is 1.84. The Balaban J connectivity index is 2.04. The smallest absolute Gasteiger partial charge is 0.223 e. The summed E-state index contributed by atoms with van der Waals surface area (Å²) in [5.41, 5.74) is 0. The molecule has 0 spiro atoms. The van der Waals surface area contributed by atoms with Crippen LogP contribution in [0.2, 0.25) is 0 Å². The summed E-state index contributed by atoms with van der Waals surface area (Å²) in [6.45, 7) is 2.97. The maximum Gasteiger partial charge on any atom is 0.223 e. The first-order valence-electron chi connectivity index (χ1n) is 4.98. The first-order chi connectivity index (χ1) is 7.88. The van der Waals surface area contributed by atoms with Crippen molar-refractivity contribution in [3.05, 3.63) is 18.6 Å². The minimum absolute atomic E-state index is 0.645. The second-order valence-electron chi connectivity index (χ2n) is 3.04. The van der Waals surface area contributed by atoms with E-state index in [1.54, 1.807) is 6.20 Å². The normalized spacial score (nSPS) is 10.3. The minimum atomic E-state index is 0.645. The van der Waals surface area contributed by atoms with Crippen LogP contribution < -0.4 is 5.32 Å². The molecule has 0 fully saturated rings. The number of H-pyrrole nitrogens is 1. The highest BCUT2D eigenvalue weighted by Gasteiger charge is 2.02. The first kappa shape index (κ1) is 10.9. The van der Waals surface area contributed by atoms with E-state index in [9.17, 15) is 0 Å². The van der Waals surface area contributed by atoms with Crippen molar-refractivity contribution in [2.75, 3.05) is 11.9 Å². The summed E-state index contributed by atoms with van der Waals surface area (Å²) in [7, 11) is 0. The number of hydrogen-bond donors (Lipinski definition) is 2. The molecule has 2 rings (SSSR count). The lowest BCUT2D eigenvalue weighted by Gasteiger charge is -2.03. The monoisotopic (exact) mass is 236 g/mol. The van der Waals surface area contributed by atoms with Crippen LogP contribution >= 0.6 is 11.8 Å². The molecule has 0 atom stereocenters. The van der Waals surface area contributed by atoms with E-state index in [1.807, 2.05) is 6.07 Å². The molecule has 0 aliphatic carbocycles. The lowest BCUT2D eigenvalue weighted by Crippen LogP contribution is -2.04. The van der Waals surface area contributed by atoms with Crippen molar-refractivity contribution in [3.63, 3.8) is 0 Å². The quantitative estimate of drug-likeness (QED) is 0.767. The van der Waals surface area contributed by atoms with E-state index in [0.29, 0.717) is 5.95 Å². The maximum atomic E-state index is 4.34. The van der Waals surface area contributed by atoms with Gasteiger partial charge in [-0.2, -0.15) is 5.10 Å². The third-order valence-corrected chi connectivity index (χ3v) is 2.58. The largest absolute Gasteiger partial charge is 0.354 e. The Hall–Kier alpha value is -1.63. The van der Waals surface area contributed by atoms with Gasteiger partial charge in [0.25, 0.3) is 0 Å². The van der Waals surface area contributed by atoms with Gasteiger partial charge in [0.15, 0.2) is 5.16 Å². The highest BCUT2D eigenvalue weighted by atomic mass is 32.2. The van der Waals surface area contributed by atoms with Gasteiger partial charge in [-0.15, -0.1) is 0 Å². The molecule has 2 N–H and O–H groups in total. The van der Waals surface area contributed by atoms with Crippen LogP contribution in [0, 0.1) is 0 Å². The molecule has 0 unspecified atom stereocenters. The maximum absolute atomic E-state index is 4.34. The van der Waals surface area contributed by atoms with E-state index in [0.717, 1.165) is 23.1 Å². The molecule has 16 heavy (non-hydrogen) atoms. The van der Waals surface area contributed by atoms with E-state index >= 15 is 0 Å². The third kappa shape index (κ3) is 2.93. The second-order valence-corrected chi connectivity index (χ2v) is 4.05. The number of nitrogens with zero attached hydrogens (tertiary/aromatic N) is 4. The van der Waals surface area contributed by atoms with Gasteiger partial charge in [0.1, 0.15) is 11.4 Å². The summed E-state index contributed by atoms with van der Waals surface area (Å²) in [4.78, 5) is 12.5. The van der Waals surface area contributed by atoms with Gasteiger partial charge < -0.3 is 5.32 Å². The fraction of sp³-hybridized carbons (Fsp3) is 0.333. The fourth-order valence-corrected chi connectivity index (χ4v) is 1.72. The topological polar surface area (TPSA) is 79.4 Å². The molecule has 0 aromatic carbocycles. The first-order valence-corrected chi connectivity index (χ1v) is 5.80. The molecule has 7 heteroatoms. The van der Waals surface area contributed by atoms with E-state index < -0.39 is 0 Å². The Morgan fingerprint density at radius 2 is 2.38 bits per heavy atom. The molecule has 2 aromatic heterocycles. The predicted octanol–water partition coefficient (Wildman–Crippen LogP) is 1.57. The van der Waals surface area contributed by atoms with Crippen molar-refractivity contribution in [3.8, 4) is 0 Å². The molecule has 0 radical (unpaired) electrons. The fourth-order valence-electron chi connectivity index (χ4n) is 1.06. The van der Waals surface area contributed by atoms with Crippen molar-refractivity contribution in [2.24, 2.45) is 0 Å². The number of nitrogens with one attached hydrogen (secondary N) is 2. The molecule has 0 amide bonds. The summed E-state index contributed by atoms with van der Waals surface area (Å²) in [5, 5.41) is 11.2. The van der Waals surface area contributed by atoms with Crippen LogP contribution in [-0.2, 0) is 0 Å². The number of aromatic nitrogens is 5. The highest BCUT2D eigenvalue weighted by Crippen LogP contribution is 2.21. The Morgan fingerprint density at radius 3 is 3.12 bits per heavy atom. The van der Waals surface area contributed by atoms with Crippen LogP contribution in [-0.4, -0.2) is 31.7 Å². The molecule has 0 saturated heterocycles. The van der Waals surface area contributed by atoms with Gasteiger partial charge in [0.2, 0.25) is 5.95 Å². The Kier molecular flexibility index (Phi) is 3.71. The Morgan fingerprint density at radius 1 is 1.44 bits per heavy atom. The zero-order valence-corrected chi connectivity index (χ0v) is 9.66. The summed E-state index contributed by atoms with van der Waals surface area (Å²) in [5.74, 6) is 0.645. The molecular formula is C9H12N6S. The van der Waals surface area contributed by atoms with E-state index in [1.165, 1.54) is 18.1 Å². The van der Waals surface area contributed by atoms with Crippen molar-refractivity contribution < 1.29 is 0 Å². The van der Waals surface area contributed by atoms with Gasteiger partial charge in [0, 0.05) is 12.7 Å². The van der Waals surface area contributed by atoms with Gasteiger partial charge in [-0.05, 0) is 24.2 Å². The van der Waals surface area contributed by atoms with E-state index in [4.69, 9.17) is 0 Å². The molecule has 6 nitrogen and oxygen atoms in total. The number of anilines is 1. The molecule has 84 valence electrons. The van der Waals surface area contributed by atoms with Crippen LogP contribution in [0.15, 0.2) is 28.8 Å². The lowest BCUT2D eigenvalue weighted by atomic mass is 10.5. The molecule has 0 aliphatic rings. The van der Waals surface area contributed by atoms with Crippen molar-refractivity contribution in [1.29, 1.82) is 0 Å². The van der Waals surface area contributed by atoms with Crippen molar-refractivity contribution >= 4 is 17.7 Å². The molecular weight excluding hydrogens is 224 g/mol. The van der Waals surface area contributed by atoms with Crippen LogP contribution in [0.5, 0.6) is 0 Å². The van der Waals surface area contributed by atoms with Crippen LogP contribution in [0.1, 0.15) is 13.3 Å². The zero-order chi connectivity index (χ0) is 11.2. The number of aromatic amines is 1. The van der Waals surface area contributed by atoms with Gasteiger partial charge in [-0.1, -0.05) is 6.92 Å². The third-order valence-electron chi connectivity index (χ3n) is 1.76. The zero-order valence-electron chi connectivity index (χ0n) is 8.84. The van der Waals surface area contributed by atoms with Gasteiger partial charge in [-0.3, -0.25) is 5.10 Å². The van der Waals surface area contributed by atoms with Crippen LogP contribution in [0.4, 0.5) is 5.95 Å². The number of rotatable bonds is 5. The Labute approximate surface area is 97.3 Å². The minimum Gasteiger partial charge on any atom is -0.354 e. The molecule has 0 bridgehead atoms. The van der Waals surface area contributed by atoms with Gasteiger partial charge >= 0.3 is 0 Å². The summed E-state index contributed by atoms with van der Waals surface area (Å²) >= 11 is 1.42. The van der Waals surface area contributed by atoms with Crippen LogP contribution in [0.3, 0.4) is 0 Å². The van der Waals surface area contributed by atoms with Crippen molar-refractivity contribution in [2.45, 2.75) is 23.5 Å². The average Bonchev–Trinajstić information content (AvgIpc) is 2.80. The number of hydrogen-bond acceptors (Lipinski definition) is 6. The highest BCUT2D eigenvalue weighted by molar-refractivity contribution is 7.99. The summed E-state index contributed by atoms with van der Waals surface area (Å²) < 4.78 is 0. The Bertz CT molecular complexity index is 429. The lowest BCUT2D eigenvalue weighted by molar-refractivity contribution is 0.929. The van der Waals surface area contributed by atoms with Crippen LogP contribution in [0.25, 0.3) is 0 Å². The summed E-state index contributed by atoms with van der Waals surface area (Å²) in [6.07, 6.45) is 4.24. The molecule has 2 aromatic rings. The predicted molar refractivity (Wildman–Crippen MR) is 61.3 cm³/mol. The standard InChI is InChI=1S/C9H12N6S/c1-2-4-10-8-11-5-3-7(14-8)16-9-12-6-13-15-9/h3,5-6H,2,4H2,1H3,(H,10,11,14)(H,12,13,15). The van der Waals surface area contributed by atoms with Gasteiger partial charge in [-0.25, -0.2) is 15.0 Å². The van der Waals surface area contributed by atoms with Crippen molar-refractivity contribution in [1.82, 2.24) is 25.1 Å². The second kappa shape index (κ2) is 5.45.